The molecule has 5 nitrogen and oxygen atoms in total. The highest BCUT2D eigenvalue weighted by Crippen LogP contribution is 2.25. The lowest BCUT2D eigenvalue weighted by molar-refractivity contribution is -0.114. The number of carbonyl (C=O) groups excluding carboxylic acids is 1. The average Bonchev–Trinajstić information content (AvgIpc) is 2.39. The molecule has 0 aliphatic heterocycles. The maximum Gasteiger partial charge on any atom is 0.222 e. The van der Waals surface area contributed by atoms with Gasteiger partial charge >= 0.3 is 0 Å². The summed E-state index contributed by atoms with van der Waals surface area (Å²) < 4.78 is 6.79. The van der Waals surface area contributed by atoms with Crippen molar-refractivity contribution in [2.75, 3.05) is 12.4 Å². The molecule has 1 N–H and O–H groups in total. The first-order valence-electron chi connectivity index (χ1n) is 4.47. The van der Waals surface area contributed by atoms with Gasteiger partial charge in [-0.2, -0.15) is 5.10 Å². The van der Waals surface area contributed by atoms with Gasteiger partial charge in [0, 0.05) is 14.0 Å². The van der Waals surface area contributed by atoms with Crippen LogP contribution in [-0.2, 0) is 18.3 Å². The van der Waals surface area contributed by atoms with Crippen molar-refractivity contribution in [1.29, 1.82) is 0 Å². The van der Waals surface area contributed by atoms with E-state index in [1.165, 1.54) is 6.92 Å². The van der Waals surface area contributed by atoms with Gasteiger partial charge in [-0.3, -0.25) is 4.79 Å². The lowest BCUT2D eigenvalue weighted by Gasteiger charge is -2.02. The molecule has 0 aliphatic carbocycles. The van der Waals surface area contributed by atoms with Gasteiger partial charge in [0.2, 0.25) is 11.8 Å². The van der Waals surface area contributed by atoms with Gasteiger partial charge in [0.1, 0.15) is 0 Å². The molecule has 78 valence electrons. The van der Waals surface area contributed by atoms with Gasteiger partial charge in [-0.25, -0.2) is 4.68 Å². The highest BCUT2D eigenvalue weighted by molar-refractivity contribution is 5.88. The lowest BCUT2D eigenvalue weighted by Crippen LogP contribution is -2.08. The molecule has 0 aromatic carbocycles. The molecule has 0 fully saturated rings. The van der Waals surface area contributed by atoms with Gasteiger partial charge in [-0.05, 0) is 6.42 Å². The number of aryl methyl sites for hydroxylation is 1. The smallest absolute Gasteiger partial charge is 0.222 e. The molecule has 0 bridgehead atoms. The van der Waals surface area contributed by atoms with Crippen molar-refractivity contribution in [2.45, 2.75) is 20.3 Å². The topological polar surface area (TPSA) is 56.2 Å². The summed E-state index contributed by atoms with van der Waals surface area (Å²) in [5.41, 5.74) is 0.921. The Hall–Kier alpha value is -1.52. The minimum absolute atomic E-state index is 0.125. The predicted molar refractivity (Wildman–Crippen MR) is 53.4 cm³/mol. The first-order valence-corrected chi connectivity index (χ1v) is 4.47. The second-order valence-corrected chi connectivity index (χ2v) is 2.99. The number of amides is 1. The van der Waals surface area contributed by atoms with E-state index in [9.17, 15) is 4.79 Å². The van der Waals surface area contributed by atoms with Crippen LogP contribution in [0.15, 0.2) is 0 Å². The summed E-state index contributed by atoms with van der Waals surface area (Å²) in [5.74, 6) is 1.15. The molecule has 14 heavy (non-hydrogen) atoms. The zero-order valence-corrected chi connectivity index (χ0v) is 8.92. The SMILES string of the molecule is CCc1c(NC(C)=O)nn(C)c1OC. The Morgan fingerprint density at radius 2 is 2.29 bits per heavy atom. The Kier molecular flexibility index (Phi) is 3.11. The number of nitrogens with zero attached hydrogens (tertiary/aromatic N) is 2. The first kappa shape index (κ1) is 10.6. The summed E-state index contributed by atoms with van der Waals surface area (Å²) in [6, 6.07) is 0. The van der Waals surface area contributed by atoms with E-state index < -0.39 is 0 Å². The lowest BCUT2D eigenvalue weighted by atomic mass is 10.2. The molecule has 1 aromatic heterocycles. The Labute approximate surface area is 83.1 Å². The predicted octanol–water partition coefficient (Wildman–Crippen LogP) is 0.949. The molecule has 0 saturated carbocycles. The van der Waals surface area contributed by atoms with Gasteiger partial charge in [-0.1, -0.05) is 6.92 Å². The highest BCUT2D eigenvalue weighted by Gasteiger charge is 2.15. The van der Waals surface area contributed by atoms with E-state index in [1.807, 2.05) is 6.92 Å². The molecule has 1 aromatic rings. The molecule has 5 heteroatoms. The second-order valence-electron chi connectivity index (χ2n) is 2.99. The first-order chi connectivity index (χ1) is 6.60. The number of ether oxygens (including phenoxy) is 1. The van der Waals surface area contributed by atoms with Gasteiger partial charge in [0.05, 0.1) is 12.7 Å². The van der Waals surface area contributed by atoms with Gasteiger partial charge < -0.3 is 10.1 Å². The van der Waals surface area contributed by atoms with Crippen molar-refractivity contribution in [3.8, 4) is 5.88 Å². The minimum atomic E-state index is -0.125. The summed E-state index contributed by atoms with van der Waals surface area (Å²) in [5, 5.41) is 6.82. The van der Waals surface area contributed by atoms with Crippen molar-refractivity contribution >= 4 is 11.7 Å². The number of nitrogens with one attached hydrogen (secondary N) is 1. The Bertz CT molecular complexity index is 344. The van der Waals surface area contributed by atoms with Crippen molar-refractivity contribution < 1.29 is 9.53 Å². The number of carbonyl (C=O) groups is 1. The van der Waals surface area contributed by atoms with Crippen molar-refractivity contribution in [2.24, 2.45) is 7.05 Å². The Morgan fingerprint density at radius 1 is 1.64 bits per heavy atom. The van der Waals surface area contributed by atoms with Crippen LogP contribution in [0.25, 0.3) is 0 Å². The monoisotopic (exact) mass is 197 g/mol. The zero-order chi connectivity index (χ0) is 10.7. The standard InChI is InChI=1S/C9H15N3O2/c1-5-7-8(10-6(2)13)11-12(3)9(7)14-4/h5H2,1-4H3,(H,10,11,13). The van der Waals surface area contributed by atoms with E-state index in [0.717, 1.165) is 12.0 Å². The maximum absolute atomic E-state index is 10.9. The summed E-state index contributed by atoms with van der Waals surface area (Å²) in [6.07, 6.45) is 0.770. The number of anilines is 1. The van der Waals surface area contributed by atoms with E-state index >= 15 is 0 Å². The Balaban J connectivity index is 3.10. The van der Waals surface area contributed by atoms with Crippen molar-refractivity contribution in [3.63, 3.8) is 0 Å². The molecule has 0 unspecified atom stereocenters. The minimum Gasteiger partial charge on any atom is -0.481 e. The number of aromatic nitrogens is 2. The van der Waals surface area contributed by atoms with E-state index in [2.05, 4.69) is 10.4 Å². The van der Waals surface area contributed by atoms with Crippen LogP contribution in [0.3, 0.4) is 0 Å². The van der Waals surface area contributed by atoms with Crippen LogP contribution in [0.4, 0.5) is 5.82 Å². The van der Waals surface area contributed by atoms with Crippen molar-refractivity contribution in [3.05, 3.63) is 5.56 Å². The normalized spacial score (nSPS) is 10.0. The fourth-order valence-electron chi connectivity index (χ4n) is 1.39. The molecule has 0 spiro atoms. The van der Waals surface area contributed by atoms with Gasteiger partial charge in [0.25, 0.3) is 0 Å². The molecule has 1 heterocycles. The van der Waals surface area contributed by atoms with Crippen molar-refractivity contribution in [1.82, 2.24) is 9.78 Å². The summed E-state index contributed by atoms with van der Waals surface area (Å²) in [4.78, 5) is 10.9. The van der Waals surface area contributed by atoms with Crippen LogP contribution in [-0.4, -0.2) is 22.8 Å². The molecule has 1 amide bonds. The summed E-state index contributed by atoms with van der Waals surface area (Å²) in [6.45, 7) is 3.45. The second kappa shape index (κ2) is 4.13. The third kappa shape index (κ3) is 1.86. The summed E-state index contributed by atoms with van der Waals surface area (Å²) in [7, 11) is 3.37. The summed E-state index contributed by atoms with van der Waals surface area (Å²) >= 11 is 0. The molecular weight excluding hydrogens is 182 g/mol. The third-order valence-corrected chi connectivity index (χ3v) is 1.93. The molecular formula is C9H15N3O2. The van der Waals surface area contributed by atoms with Crippen LogP contribution in [0.5, 0.6) is 5.88 Å². The van der Waals surface area contributed by atoms with E-state index in [0.29, 0.717) is 11.7 Å². The van der Waals surface area contributed by atoms with E-state index in [-0.39, 0.29) is 5.91 Å². The highest BCUT2D eigenvalue weighted by atomic mass is 16.5. The zero-order valence-electron chi connectivity index (χ0n) is 8.92. The quantitative estimate of drug-likeness (QED) is 0.784. The van der Waals surface area contributed by atoms with Crippen LogP contribution in [0.2, 0.25) is 0 Å². The molecule has 0 saturated heterocycles. The van der Waals surface area contributed by atoms with Crippen LogP contribution in [0.1, 0.15) is 19.4 Å². The fraction of sp³-hybridized carbons (Fsp3) is 0.556. The van der Waals surface area contributed by atoms with E-state index in [1.54, 1.807) is 18.8 Å². The number of rotatable bonds is 3. The maximum atomic E-state index is 10.9. The molecule has 1 rings (SSSR count). The fourth-order valence-corrected chi connectivity index (χ4v) is 1.39. The molecule has 0 radical (unpaired) electrons. The van der Waals surface area contributed by atoms with Crippen LogP contribution >= 0.6 is 0 Å². The van der Waals surface area contributed by atoms with Gasteiger partial charge in [0.15, 0.2) is 5.82 Å². The van der Waals surface area contributed by atoms with E-state index in [4.69, 9.17) is 4.74 Å². The number of methoxy groups -OCH3 is 1. The molecule has 0 aliphatic rings. The third-order valence-electron chi connectivity index (χ3n) is 1.93. The number of hydrogen-bond acceptors (Lipinski definition) is 3. The molecule has 0 atom stereocenters. The average molecular weight is 197 g/mol. The van der Waals surface area contributed by atoms with Gasteiger partial charge in [-0.15, -0.1) is 0 Å². The largest absolute Gasteiger partial charge is 0.481 e. The Morgan fingerprint density at radius 3 is 2.71 bits per heavy atom. The van der Waals surface area contributed by atoms with Crippen LogP contribution < -0.4 is 10.1 Å². The van der Waals surface area contributed by atoms with Crippen LogP contribution in [0, 0.1) is 0 Å². The number of hydrogen-bond donors (Lipinski definition) is 1.